The summed E-state index contributed by atoms with van der Waals surface area (Å²) >= 11 is 5.37. The van der Waals surface area contributed by atoms with Crippen LogP contribution in [0, 0.1) is 0 Å². The summed E-state index contributed by atoms with van der Waals surface area (Å²) in [6.45, 7) is 7.36. The molecule has 1 saturated heterocycles. The van der Waals surface area contributed by atoms with Gasteiger partial charge in [0.05, 0.1) is 12.1 Å². The maximum atomic E-state index is 12.3. The van der Waals surface area contributed by atoms with Crippen LogP contribution in [0.5, 0.6) is 0 Å². The molecule has 1 amide bonds. The summed E-state index contributed by atoms with van der Waals surface area (Å²) in [7, 11) is 0. The predicted octanol–water partition coefficient (Wildman–Crippen LogP) is 1.86. The van der Waals surface area contributed by atoms with E-state index in [9.17, 15) is 4.79 Å². The summed E-state index contributed by atoms with van der Waals surface area (Å²) in [5.41, 5.74) is 3.69. The Hall–Kier alpha value is -1.66. The van der Waals surface area contributed by atoms with Crippen molar-refractivity contribution in [3.05, 3.63) is 30.3 Å². The number of hydrogen-bond acceptors (Lipinski definition) is 3. The highest BCUT2D eigenvalue weighted by atomic mass is 32.1. The molecule has 1 heterocycles. The van der Waals surface area contributed by atoms with E-state index in [-0.39, 0.29) is 5.91 Å². The van der Waals surface area contributed by atoms with E-state index in [1.54, 1.807) is 0 Å². The van der Waals surface area contributed by atoms with Gasteiger partial charge in [-0.2, -0.15) is 0 Å². The molecule has 0 radical (unpaired) electrons. The number of amides is 1. The molecule has 0 aliphatic carbocycles. The van der Waals surface area contributed by atoms with Crippen molar-refractivity contribution in [3.63, 3.8) is 0 Å². The highest BCUT2D eigenvalue weighted by Crippen LogP contribution is 2.21. The van der Waals surface area contributed by atoms with Crippen molar-refractivity contribution in [2.45, 2.75) is 32.9 Å². The molecule has 0 bridgehead atoms. The number of rotatable bonds is 5. The number of nitrogens with one attached hydrogen (secondary N) is 2. The van der Waals surface area contributed by atoms with Crippen molar-refractivity contribution in [2.75, 3.05) is 18.1 Å². The van der Waals surface area contributed by atoms with Crippen molar-refractivity contribution in [3.8, 4) is 0 Å². The zero-order chi connectivity index (χ0) is 15.5. The highest BCUT2D eigenvalue weighted by Gasteiger charge is 2.38. The van der Waals surface area contributed by atoms with E-state index in [0.717, 1.165) is 18.8 Å². The van der Waals surface area contributed by atoms with Gasteiger partial charge in [0.15, 0.2) is 5.11 Å². The average molecular weight is 306 g/mol. The van der Waals surface area contributed by atoms with Crippen molar-refractivity contribution >= 4 is 28.9 Å². The molecule has 0 saturated carbocycles. The quantitative estimate of drug-likeness (QED) is 0.813. The molecule has 1 aromatic carbocycles. The first kappa shape index (κ1) is 15.7. The molecule has 1 aromatic rings. The first-order valence-corrected chi connectivity index (χ1v) is 7.63. The van der Waals surface area contributed by atoms with E-state index in [2.05, 4.69) is 10.7 Å². The maximum Gasteiger partial charge on any atom is 0.226 e. The van der Waals surface area contributed by atoms with Gasteiger partial charge in [0, 0.05) is 13.1 Å². The summed E-state index contributed by atoms with van der Waals surface area (Å²) in [5, 5.41) is 5.60. The molecule has 5 nitrogen and oxygen atoms in total. The van der Waals surface area contributed by atoms with Crippen molar-refractivity contribution in [1.29, 1.82) is 0 Å². The Balaban J connectivity index is 2.08. The number of hydrazine groups is 1. The van der Waals surface area contributed by atoms with E-state index >= 15 is 0 Å². The number of carbonyl (C=O) groups is 1. The molecule has 0 aromatic heterocycles. The minimum absolute atomic E-state index is 0.111. The largest absolute Gasteiger partial charge is 0.343 e. The van der Waals surface area contributed by atoms with Crippen LogP contribution in [0.2, 0.25) is 0 Å². The zero-order valence-corrected chi connectivity index (χ0v) is 13.5. The molecule has 6 heteroatoms. The van der Waals surface area contributed by atoms with E-state index < -0.39 is 5.66 Å². The Morgan fingerprint density at radius 3 is 2.48 bits per heavy atom. The second-order valence-corrected chi connectivity index (χ2v) is 5.67. The second-order valence-electron chi connectivity index (χ2n) is 5.29. The van der Waals surface area contributed by atoms with Crippen LogP contribution in [-0.2, 0) is 4.79 Å². The lowest BCUT2D eigenvalue weighted by molar-refractivity contribution is -0.132. The fourth-order valence-electron chi connectivity index (χ4n) is 2.45. The highest BCUT2D eigenvalue weighted by molar-refractivity contribution is 7.80. The van der Waals surface area contributed by atoms with Crippen LogP contribution in [-0.4, -0.2) is 34.7 Å². The number of nitrogens with zero attached hydrogens (tertiary/aromatic N) is 2. The Morgan fingerprint density at radius 1 is 1.29 bits per heavy atom. The number of para-hydroxylation sites is 1. The van der Waals surface area contributed by atoms with Crippen LogP contribution in [0.25, 0.3) is 0 Å². The molecule has 2 rings (SSSR count). The van der Waals surface area contributed by atoms with Crippen LogP contribution < -0.4 is 15.8 Å². The van der Waals surface area contributed by atoms with Crippen LogP contribution in [0.1, 0.15) is 27.2 Å². The van der Waals surface area contributed by atoms with E-state index in [0.29, 0.717) is 11.5 Å². The van der Waals surface area contributed by atoms with Gasteiger partial charge >= 0.3 is 0 Å². The topological polar surface area (TPSA) is 47.6 Å². The van der Waals surface area contributed by atoms with Crippen LogP contribution in [0.3, 0.4) is 0 Å². The number of anilines is 1. The van der Waals surface area contributed by atoms with Gasteiger partial charge < -0.3 is 10.2 Å². The van der Waals surface area contributed by atoms with Gasteiger partial charge in [-0.15, -0.1) is 0 Å². The summed E-state index contributed by atoms with van der Waals surface area (Å²) in [4.78, 5) is 14.1. The van der Waals surface area contributed by atoms with Crippen LogP contribution >= 0.6 is 12.2 Å². The van der Waals surface area contributed by atoms with E-state index in [1.165, 1.54) is 0 Å². The van der Waals surface area contributed by atoms with Gasteiger partial charge in [-0.3, -0.25) is 9.80 Å². The first-order valence-electron chi connectivity index (χ1n) is 7.22. The molecule has 1 atom stereocenters. The molecular weight excluding hydrogens is 284 g/mol. The Kier molecular flexibility index (Phi) is 4.80. The lowest BCUT2D eigenvalue weighted by Crippen LogP contribution is -2.52. The minimum Gasteiger partial charge on any atom is -0.343 e. The molecule has 1 fully saturated rings. The second kappa shape index (κ2) is 6.41. The Labute approximate surface area is 131 Å². The van der Waals surface area contributed by atoms with Crippen molar-refractivity contribution in [1.82, 2.24) is 15.6 Å². The van der Waals surface area contributed by atoms with Crippen LogP contribution in [0.4, 0.5) is 5.69 Å². The smallest absolute Gasteiger partial charge is 0.226 e. The van der Waals surface area contributed by atoms with Crippen molar-refractivity contribution in [2.24, 2.45) is 0 Å². The standard InChI is InChI=1S/C15H22N4OS/c1-4-18(5-2)13(20)11-15(3)16-14(21)19(17-15)12-9-7-6-8-10-12/h6-10,17H,4-5,11H2,1-3H3,(H,16,21)/t15-/m0/s1. The molecular formula is C15H22N4OS. The van der Waals surface area contributed by atoms with Gasteiger partial charge in [-0.1, -0.05) is 18.2 Å². The average Bonchev–Trinajstić information content (AvgIpc) is 2.76. The Morgan fingerprint density at radius 2 is 1.90 bits per heavy atom. The number of thiocarbonyl (C=S) groups is 1. The fourth-order valence-corrected chi connectivity index (χ4v) is 2.83. The molecule has 0 spiro atoms. The fraction of sp³-hybridized carbons (Fsp3) is 0.467. The molecule has 0 unspecified atom stereocenters. The molecule has 1 aliphatic heterocycles. The van der Waals surface area contributed by atoms with Crippen molar-refractivity contribution < 1.29 is 4.79 Å². The van der Waals surface area contributed by atoms with Gasteiger partial charge in [0.1, 0.15) is 5.66 Å². The van der Waals surface area contributed by atoms with E-state index in [1.807, 2.05) is 61.0 Å². The lowest BCUT2D eigenvalue weighted by atomic mass is 10.1. The predicted molar refractivity (Wildman–Crippen MR) is 88.7 cm³/mol. The first-order chi connectivity index (χ1) is 9.99. The zero-order valence-electron chi connectivity index (χ0n) is 12.7. The third kappa shape index (κ3) is 3.51. The SMILES string of the molecule is CCN(CC)C(=O)C[C@@]1(C)NC(=S)N(c2ccccc2)N1. The molecule has 21 heavy (non-hydrogen) atoms. The number of benzene rings is 1. The molecule has 114 valence electrons. The normalized spacial score (nSPS) is 21.3. The lowest BCUT2D eigenvalue weighted by Gasteiger charge is -2.28. The third-order valence-corrected chi connectivity index (χ3v) is 3.86. The van der Waals surface area contributed by atoms with Gasteiger partial charge in [0.2, 0.25) is 5.91 Å². The summed E-state index contributed by atoms with van der Waals surface area (Å²) in [5.74, 6) is 0.111. The minimum atomic E-state index is -0.563. The maximum absolute atomic E-state index is 12.3. The summed E-state index contributed by atoms with van der Waals surface area (Å²) < 4.78 is 0. The van der Waals surface area contributed by atoms with Gasteiger partial charge in [-0.05, 0) is 45.1 Å². The summed E-state index contributed by atoms with van der Waals surface area (Å²) in [6, 6.07) is 9.81. The number of hydrogen-bond donors (Lipinski definition) is 2. The van der Waals surface area contributed by atoms with Crippen LogP contribution in [0.15, 0.2) is 30.3 Å². The van der Waals surface area contributed by atoms with Gasteiger partial charge in [0.25, 0.3) is 0 Å². The van der Waals surface area contributed by atoms with Gasteiger partial charge in [-0.25, -0.2) is 5.43 Å². The molecule has 1 aliphatic rings. The third-order valence-electron chi connectivity index (χ3n) is 3.58. The number of carbonyl (C=O) groups excluding carboxylic acids is 1. The Bertz CT molecular complexity index is 518. The van der Waals surface area contributed by atoms with E-state index in [4.69, 9.17) is 12.2 Å². The summed E-state index contributed by atoms with van der Waals surface area (Å²) in [6.07, 6.45) is 0.345. The molecule has 2 N–H and O–H groups in total. The monoisotopic (exact) mass is 306 g/mol.